The van der Waals surface area contributed by atoms with Gasteiger partial charge in [-0.1, -0.05) is 6.07 Å². The molecule has 2 atom stereocenters. The quantitative estimate of drug-likeness (QED) is 0.850. The number of ether oxygens (including phenoxy) is 1. The molecule has 0 unspecified atom stereocenters. The van der Waals surface area contributed by atoms with Gasteiger partial charge in [0.15, 0.2) is 0 Å². The average molecular weight is 234 g/mol. The third kappa shape index (κ3) is 3.79. The lowest BCUT2D eigenvalue weighted by molar-refractivity contribution is -0.00270. The molecule has 0 bridgehead atoms. The highest BCUT2D eigenvalue weighted by molar-refractivity contribution is 5.03. The summed E-state index contributed by atoms with van der Waals surface area (Å²) >= 11 is 0. The first-order valence-corrected chi connectivity index (χ1v) is 6.54. The van der Waals surface area contributed by atoms with Gasteiger partial charge in [0.1, 0.15) is 0 Å². The summed E-state index contributed by atoms with van der Waals surface area (Å²) < 4.78 is 5.93. The molecular weight excluding hydrogens is 212 g/mol. The fraction of sp³-hybridized carbons (Fsp3) is 0.643. The monoisotopic (exact) mass is 234 g/mol. The van der Waals surface area contributed by atoms with Crippen molar-refractivity contribution in [1.29, 1.82) is 0 Å². The van der Waals surface area contributed by atoms with Crippen LogP contribution in [0.25, 0.3) is 0 Å². The molecule has 0 amide bonds. The summed E-state index contributed by atoms with van der Waals surface area (Å²) in [5.41, 5.74) is 1.10. The molecular formula is C14H22N2O. The van der Waals surface area contributed by atoms with Crippen LogP contribution in [0.1, 0.15) is 38.8 Å². The molecule has 0 radical (unpaired) electrons. The lowest BCUT2D eigenvalue weighted by Crippen LogP contribution is -2.38. The fourth-order valence-corrected chi connectivity index (χ4v) is 2.41. The number of nitrogens with zero attached hydrogens (tertiary/aromatic N) is 1. The molecule has 94 valence electrons. The largest absolute Gasteiger partial charge is 0.374 e. The van der Waals surface area contributed by atoms with Gasteiger partial charge in [-0.25, -0.2) is 0 Å². The Morgan fingerprint density at radius 3 is 3.00 bits per heavy atom. The fourth-order valence-electron chi connectivity index (χ4n) is 2.41. The van der Waals surface area contributed by atoms with Crippen LogP contribution in [0.2, 0.25) is 0 Å². The van der Waals surface area contributed by atoms with Crippen molar-refractivity contribution in [3.05, 3.63) is 30.1 Å². The van der Waals surface area contributed by atoms with Gasteiger partial charge in [-0.05, 0) is 45.2 Å². The van der Waals surface area contributed by atoms with Gasteiger partial charge >= 0.3 is 0 Å². The number of hydrogen-bond donors (Lipinski definition) is 1. The molecule has 0 aromatic carbocycles. The molecule has 3 nitrogen and oxygen atoms in total. The molecule has 2 rings (SSSR count). The smallest absolute Gasteiger partial charge is 0.0731 e. The Morgan fingerprint density at radius 1 is 1.41 bits per heavy atom. The second-order valence-electron chi connectivity index (χ2n) is 4.96. The molecule has 1 fully saturated rings. The Kier molecular flexibility index (Phi) is 4.51. The van der Waals surface area contributed by atoms with Crippen LogP contribution >= 0.6 is 0 Å². The standard InChI is InChI=1S/C14H22N2O/c1-11(2)17-14-8-5-7-13(14)16-10-12-6-3-4-9-15-12/h3-4,6,9,11,13-14,16H,5,7-8,10H2,1-2H3/t13-,14-/m0/s1. The zero-order chi connectivity index (χ0) is 12.1. The summed E-state index contributed by atoms with van der Waals surface area (Å²) in [6.45, 7) is 5.05. The van der Waals surface area contributed by atoms with Crippen molar-refractivity contribution >= 4 is 0 Å². The molecule has 1 aromatic heterocycles. The van der Waals surface area contributed by atoms with E-state index in [-0.39, 0.29) is 0 Å². The average Bonchev–Trinajstić information content (AvgIpc) is 2.74. The van der Waals surface area contributed by atoms with E-state index in [1.54, 1.807) is 0 Å². The van der Waals surface area contributed by atoms with Gasteiger partial charge in [0, 0.05) is 18.8 Å². The van der Waals surface area contributed by atoms with Crippen molar-refractivity contribution in [2.24, 2.45) is 0 Å². The van der Waals surface area contributed by atoms with Crippen LogP contribution in [0.15, 0.2) is 24.4 Å². The Labute approximate surface area is 104 Å². The van der Waals surface area contributed by atoms with Crippen LogP contribution in [-0.2, 0) is 11.3 Å². The zero-order valence-electron chi connectivity index (χ0n) is 10.7. The van der Waals surface area contributed by atoms with Gasteiger partial charge in [0.2, 0.25) is 0 Å². The second-order valence-corrected chi connectivity index (χ2v) is 4.96. The minimum absolute atomic E-state index is 0.317. The third-order valence-corrected chi connectivity index (χ3v) is 3.17. The van der Waals surface area contributed by atoms with E-state index in [2.05, 4.69) is 30.2 Å². The predicted molar refractivity (Wildman–Crippen MR) is 68.7 cm³/mol. The molecule has 3 heteroatoms. The Hall–Kier alpha value is -0.930. The Morgan fingerprint density at radius 2 is 2.29 bits per heavy atom. The van der Waals surface area contributed by atoms with Crippen molar-refractivity contribution in [3.63, 3.8) is 0 Å². The molecule has 1 heterocycles. The van der Waals surface area contributed by atoms with Crippen LogP contribution in [0, 0.1) is 0 Å². The number of rotatable bonds is 5. The summed E-state index contributed by atoms with van der Waals surface area (Å²) in [6.07, 6.45) is 6.18. The van der Waals surface area contributed by atoms with E-state index in [1.165, 1.54) is 19.3 Å². The summed E-state index contributed by atoms with van der Waals surface area (Å²) in [4.78, 5) is 4.32. The zero-order valence-corrected chi connectivity index (χ0v) is 10.7. The van der Waals surface area contributed by atoms with Crippen LogP contribution in [0.5, 0.6) is 0 Å². The van der Waals surface area contributed by atoms with Gasteiger partial charge in [-0.15, -0.1) is 0 Å². The molecule has 1 aliphatic carbocycles. The molecule has 0 saturated heterocycles. The SMILES string of the molecule is CC(C)O[C@H]1CCC[C@@H]1NCc1ccccn1. The van der Waals surface area contributed by atoms with E-state index in [4.69, 9.17) is 4.74 Å². The Balaban J connectivity index is 1.82. The first kappa shape index (κ1) is 12.5. The maximum absolute atomic E-state index is 5.93. The summed E-state index contributed by atoms with van der Waals surface area (Å²) in [6, 6.07) is 6.52. The van der Waals surface area contributed by atoms with Gasteiger partial charge in [0.05, 0.1) is 17.9 Å². The van der Waals surface area contributed by atoms with Crippen LogP contribution < -0.4 is 5.32 Å². The minimum atomic E-state index is 0.317. The van der Waals surface area contributed by atoms with E-state index >= 15 is 0 Å². The number of hydrogen-bond acceptors (Lipinski definition) is 3. The molecule has 1 aromatic rings. The van der Waals surface area contributed by atoms with E-state index in [9.17, 15) is 0 Å². The second kappa shape index (κ2) is 6.12. The van der Waals surface area contributed by atoms with E-state index in [0.29, 0.717) is 18.2 Å². The summed E-state index contributed by atoms with van der Waals surface area (Å²) in [7, 11) is 0. The lowest BCUT2D eigenvalue weighted by Gasteiger charge is -2.23. The Bertz CT molecular complexity index is 326. The van der Waals surface area contributed by atoms with Gasteiger partial charge < -0.3 is 10.1 Å². The predicted octanol–water partition coefficient (Wildman–Crippen LogP) is 2.52. The number of nitrogens with one attached hydrogen (secondary N) is 1. The van der Waals surface area contributed by atoms with Crippen molar-refractivity contribution in [1.82, 2.24) is 10.3 Å². The highest BCUT2D eigenvalue weighted by atomic mass is 16.5. The van der Waals surface area contributed by atoms with Gasteiger partial charge in [-0.2, -0.15) is 0 Å². The van der Waals surface area contributed by atoms with Crippen LogP contribution in [0.4, 0.5) is 0 Å². The first-order chi connectivity index (χ1) is 8.25. The van der Waals surface area contributed by atoms with E-state index in [0.717, 1.165) is 12.2 Å². The minimum Gasteiger partial charge on any atom is -0.374 e. The van der Waals surface area contributed by atoms with E-state index in [1.807, 2.05) is 18.3 Å². The van der Waals surface area contributed by atoms with Crippen molar-refractivity contribution in [3.8, 4) is 0 Å². The van der Waals surface area contributed by atoms with Crippen molar-refractivity contribution in [2.45, 2.75) is 57.9 Å². The normalized spacial score (nSPS) is 24.4. The summed E-state index contributed by atoms with van der Waals surface area (Å²) in [5.74, 6) is 0. The molecule has 1 saturated carbocycles. The van der Waals surface area contributed by atoms with Crippen molar-refractivity contribution in [2.75, 3.05) is 0 Å². The molecule has 0 aliphatic heterocycles. The maximum atomic E-state index is 5.93. The van der Waals surface area contributed by atoms with Crippen LogP contribution in [0.3, 0.4) is 0 Å². The molecule has 17 heavy (non-hydrogen) atoms. The topological polar surface area (TPSA) is 34.1 Å². The van der Waals surface area contributed by atoms with Crippen LogP contribution in [-0.4, -0.2) is 23.2 Å². The maximum Gasteiger partial charge on any atom is 0.0731 e. The first-order valence-electron chi connectivity index (χ1n) is 6.54. The molecule has 1 aliphatic rings. The highest BCUT2D eigenvalue weighted by Crippen LogP contribution is 2.23. The van der Waals surface area contributed by atoms with Gasteiger partial charge in [0.25, 0.3) is 0 Å². The summed E-state index contributed by atoms with van der Waals surface area (Å²) in [5, 5.41) is 3.57. The molecule has 0 spiro atoms. The third-order valence-electron chi connectivity index (χ3n) is 3.17. The molecule has 1 N–H and O–H groups in total. The number of pyridine rings is 1. The highest BCUT2D eigenvalue weighted by Gasteiger charge is 2.28. The van der Waals surface area contributed by atoms with Gasteiger partial charge in [-0.3, -0.25) is 4.98 Å². The van der Waals surface area contributed by atoms with E-state index < -0.39 is 0 Å². The lowest BCUT2D eigenvalue weighted by atomic mass is 10.2. The number of aromatic nitrogens is 1. The van der Waals surface area contributed by atoms with Crippen molar-refractivity contribution < 1.29 is 4.74 Å².